The summed E-state index contributed by atoms with van der Waals surface area (Å²) in [5.41, 5.74) is 1.76. The summed E-state index contributed by atoms with van der Waals surface area (Å²) in [6, 6.07) is 15.7. The molecule has 3 aromatic rings. The van der Waals surface area contributed by atoms with Gasteiger partial charge in [-0.05, 0) is 31.5 Å². The zero-order valence-electron chi connectivity index (χ0n) is 13.5. The fraction of sp³-hybridized carbons (Fsp3) is 0.211. The maximum Gasteiger partial charge on any atom is 0.210 e. The summed E-state index contributed by atoms with van der Waals surface area (Å²) in [5, 5.41) is -0.602. The molecule has 24 heavy (non-hydrogen) atoms. The first-order valence-corrected chi connectivity index (χ1v) is 9.00. The highest BCUT2D eigenvalue weighted by Gasteiger charge is 2.25. The molecule has 0 bridgehead atoms. The van der Waals surface area contributed by atoms with E-state index >= 15 is 0 Å². The molecule has 2 aromatic carbocycles. The predicted molar refractivity (Wildman–Crippen MR) is 93.3 cm³/mol. The van der Waals surface area contributed by atoms with Gasteiger partial charge in [-0.2, -0.15) is 0 Å². The van der Waals surface area contributed by atoms with Crippen LogP contribution in [0.4, 0.5) is 4.39 Å². The van der Waals surface area contributed by atoms with Crippen molar-refractivity contribution in [2.75, 3.05) is 0 Å². The van der Waals surface area contributed by atoms with Gasteiger partial charge in [0.25, 0.3) is 0 Å². The van der Waals surface area contributed by atoms with E-state index in [0.717, 1.165) is 11.1 Å². The first-order valence-electron chi connectivity index (χ1n) is 7.72. The first kappa shape index (κ1) is 16.6. The highest BCUT2D eigenvalue weighted by atomic mass is 32.2. The predicted octanol–water partition coefficient (Wildman–Crippen LogP) is 5.05. The Bertz CT molecular complexity index is 830. The summed E-state index contributed by atoms with van der Waals surface area (Å²) in [7, 11) is -1.24. The number of hydrogen-bond donors (Lipinski definition) is 0. The van der Waals surface area contributed by atoms with Crippen molar-refractivity contribution in [3.8, 4) is 11.3 Å². The zero-order chi connectivity index (χ0) is 17.1. The van der Waals surface area contributed by atoms with Crippen LogP contribution in [0.5, 0.6) is 0 Å². The van der Waals surface area contributed by atoms with E-state index in [1.165, 1.54) is 12.1 Å². The van der Waals surface area contributed by atoms with Gasteiger partial charge in [0.2, 0.25) is 5.89 Å². The van der Waals surface area contributed by atoms with Crippen LogP contribution < -0.4 is 0 Å². The number of aromatic nitrogens is 1. The van der Waals surface area contributed by atoms with E-state index in [-0.39, 0.29) is 16.3 Å². The van der Waals surface area contributed by atoms with Crippen molar-refractivity contribution < 1.29 is 13.0 Å². The fourth-order valence-corrected chi connectivity index (χ4v) is 3.83. The van der Waals surface area contributed by atoms with E-state index in [0.29, 0.717) is 11.7 Å². The molecule has 0 spiro atoms. The second-order valence-electron chi connectivity index (χ2n) is 5.59. The van der Waals surface area contributed by atoms with Gasteiger partial charge >= 0.3 is 0 Å². The largest absolute Gasteiger partial charge is 0.439 e. The lowest BCUT2D eigenvalue weighted by atomic mass is 10.2. The van der Waals surface area contributed by atoms with Gasteiger partial charge in [-0.3, -0.25) is 4.21 Å². The van der Waals surface area contributed by atoms with Crippen LogP contribution in [-0.4, -0.2) is 9.19 Å². The maximum absolute atomic E-state index is 13.0. The molecule has 1 aromatic heterocycles. The topological polar surface area (TPSA) is 43.1 Å². The molecule has 0 aliphatic rings. The third-order valence-corrected chi connectivity index (χ3v) is 5.83. The molecule has 3 rings (SSSR count). The highest BCUT2D eigenvalue weighted by Crippen LogP contribution is 2.31. The van der Waals surface area contributed by atoms with Crippen LogP contribution in [-0.2, 0) is 10.8 Å². The van der Waals surface area contributed by atoms with Gasteiger partial charge in [0.05, 0.1) is 11.4 Å². The Morgan fingerprint density at radius 1 is 1.00 bits per heavy atom. The second-order valence-corrected chi connectivity index (χ2v) is 7.66. The van der Waals surface area contributed by atoms with Crippen molar-refractivity contribution in [1.29, 1.82) is 0 Å². The lowest BCUT2D eigenvalue weighted by Crippen LogP contribution is -2.10. The quantitative estimate of drug-likeness (QED) is 0.651. The summed E-state index contributed by atoms with van der Waals surface area (Å²) < 4.78 is 31.6. The second kappa shape index (κ2) is 7.09. The van der Waals surface area contributed by atoms with E-state index in [1.54, 1.807) is 18.3 Å². The van der Waals surface area contributed by atoms with Gasteiger partial charge < -0.3 is 4.42 Å². The van der Waals surface area contributed by atoms with Crippen LogP contribution in [0.1, 0.15) is 35.8 Å². The Morgan fingerprint density at radius 3 is 2.33 bits per heavy atom. The molecule has 0 aliphatic carbocycles. The van der Waals surface area contributed by atoms with Crippen molar-refractivity contribution in [2.45, 2.75) is 24.3 Å². The maximum atomic E-state index is 13.0. The van der Waals surface area contributed by atoms with Crippen LogP contribution in [0.2, 0.25) is 0 Å². The van der Waals surface area contributed by atoms with Gasteiger partial charge in [0.15, 0.2) is 5.76 Å². The van der Waals surface area contributed by atoms with Crippen molar-refractivity contribution in [3.05, 3.63) is 78.1 Å². The monoisotopic (exact) mass is 343 g/mol. The number of hydrogen-bond acceptors (Lipinski definition) is 3. The fourth-order valence-electron chi connectivity index (χ4n) is 2.48. The van der Waals surface area contributed by atoms with Gasteiger partial charge in [-0.1, -0.05) is 42.5 Å². The minimum Gasteiger partial charge on any atom is -0.439 e. The molecule has 0 unspecified atom stereocenters. The molecular formula is C19H18FNO2S. The van der Waals surface area contributed by atoms with Crippen molar-refractivity contribution in [3.63, 3.8) is 0 Å². The van der Waals surface area contributed by atoms with Gasteiger partial charge in [0.1, 0.15) is 11.1 Å². The third-order valence-electron chi connectivity index (χ3n) is 3.97. The average Bonchev–Trinajstić information content (AvgIpc) is 3.11. The molecule has 0 saturated carbocycles. The lowest BCUT2D eigenvalue weighted by Gasteiger charge is -2.15. The molecule has 0 radical (unpaired) electrons. The van der Waals surface area contributed by atoms with Gasteiger partial charge in [-0.25, -0.2) is 9.37 Å². The number of nitrogens with zero attached hydrogens (tertiary/aromatic N) is 1. The molecular weight excluding hydrogens is 325 g/mol. The minimum atomic E-state index is -1.24. The summed E-state index contributed by atoms with van der Waals surface area (Å²) in [4.78, 5) is 4.28. The number of halogens is 1. The molecule has 0 amide bonds. The van der Waals surface area contributed by atoms with Gasteiger partial charge in [0, 0.05) is 16.4 Å². The van der Waals surface area contributed by atoms with E-state index in [2.05, 4.69) is 4.98 Å². The van der Waals surface area contributed by atoms with E-state index in [4.69, 9.17) is 4.42 Å². The SMILES string of the molecule is C[C@H](c1ccc(F)cc1)[S@@](=O)[C@@H](C)c1ncc(-c2ccccc2)o1. The molecule has 0 aliphatic heterocycles. The highest BCUT2D eigenvalue weighted by molar-refractivity contribution is 7.85. The Labute approximate surface area is 143 Å². The minimum absolute atomic E-state index is 0.243. The molecule has 3 nitrogen and oxygen atoms in total. The van der Waals surface area contributed by atoms with Crippen LogP contribution in [0.25, 0.3) is 11.3 Å². The normalized spacial score (nSPS) is 15.0. The number of benzene rings is 2. The summed E-state index contributed by atoms with van der Waals surface area (Å²) >= 11 is 0. The molecule has 1 heterocycles. The Balaban J connectivity index is 1.78. The lowest BCUT2D eigenvalue weighted by molar-refractivity contribution is 0.504. The first-order chi connectivity index (χ1) is 11.6. The summed E-state index contributed by atoms with van der Waals surface area (Å²) in [6.45, 7) is 3.69. The molecule has 0 fully saturated rings. The van der Waals surface area contributed by atoms with Crippen molar-refractivity contribution in [1.82, 2.24) is 4.98 Å². The van der Waals surface area contributed by atoms with Crippen molar-refractivity contribution in [2.24, 2.45) is 0 Å². The van der Waals surface area contributed by atoms with E-state index in [1.807, 2.05) is 44.2 Å². The van der Waals surface area contributed by atoms with Crippen LogP contribution in [0, 0.1) is 5.82 Å². The molecule has 124 valence electrons. The number of rotatable bonds is 5. The third kappa shape index (κ3) is 3.46. The smallest absolute Gasteiger partial charge is 0.210 e. The van der Waals surface area contributed by atoms with Gasteiger partial charge in [-0.15, -0.1) is 0 Å². The Hall–Kier alpha value is -2.27. The Kier molecular flexibility index (Phi) is 4.90. The standard InChI is InChI=1S/C19H18FNO2S/c1-13(15-8-10-17(20)11-9-15)24(22)14(2)19-21-12-18(23-19)16-6-4-3-5-7-16/h3-14H,1-2H3/t13-,14+,24-/m1/s1. The van der Waals surface area contributed by atoms with Crippen molar-refractivity contribution >= 4 is 10.8 Å². The average molecular weight is 343 g/mol. The zero-order valence-corrected chi connectivity index (χ0v) is 14.3. The molecule has 0 N–H and O–H groups in total. The summed E-state index contributed by atoms with van der Waals surface area (Å²) in [6.07, 6.45) is 1.65. The molecule has 3 atom stereocenters. The summed E-state index contributed by atoms with van der Waals surface area (Å²) in [5.74, 6) is 0.801. The molecule has 0 saturated heterocycles. The van der Waals surface area contributed by atoms with Crippen LogP contribution in [0.15, 0.2) is 65.2 Å². The Morgan fingerprint density at radius 2 is 1.67 bits per heavy atom. The van der Waals surface area contributed by atoms with Crippen LogP contribution >= 0.6 is 0 Å². The number of oxazole rings is 1. The molecule has 5 heteroatoms. The van der Waals surface area contributed by atoms with Crippen LogP contribution in [0.3, 0.4) is 0 Å². The van der Waals surface area contributed by atoms with E-state index < -0.39 is 10.8 Å². The van der Waals surface area contributed by atoms with E-state index in [9.17, 15) is 8.60 Å².